The maximum atomic E-state index is 13.2. The van der Waals surface area contributed by atoms with Gasteiger partial charge in [0.15, 0.2) is 0 Å². The van der Waals surface area contributed by atoms with E-state index in [0.717, 1.165) is 8.96 Å². The first-order valence-electron chi connectivity index (χ1n) is 3.31. The highest BCUT2D eigenvalue weighted by Gasteiger charge is 2.08. The fourth-order valence-corrected chi connectivity index (χ4v) is 2.47. The molecule has 0 unspecified atom stereocenters. The van der Waals surface area contributed by atoms with Gasteiger partial charge in [-0.3, -0.25) is 0 Å². The van der Waals surface area contributed by atoms with Gasteiger partial charge in [-0.05, 0) is 40.1 Å². The highest BCUT2D eigenvalue weighted by atomic mass is 127. The monoisotopic (exact) mass is 293 g/mol. The lowest BCUT2D eigenvalue weighted by molar-refractivity contribution is 0.641. The molecule has 0 saturated carbocycles. The zero-order chi connectivity index (χ0) is 8.72. The summed E-state index contributed by atoms with van der Waals surface area (Å²) in [5.74, 6) is -0.182. The summed E-state index contributed by atoms with van der Waals surface area (Å²) in [4.78, 5) is 0. The molecule has 4 heteroatoms. The van der Waals surface area contributed by atoms with E-state index in [-0.39, 0.29) is 5.82 Å². The van der Waals surface area contributed by atoms with Crippen molar-refractivity contribution in [3.63, 3.8) is 0 Å². The Kier molecular flexibility index (Phi) is 1.96. The number of nitrogens with two attached hydrogens (primary N) is 1. The lowest BCUT2D eigenvalue weighted by Crippen LogP contribution is -1.90. The number of hydrogen-bond acceptors (Lipinski definition) is 2. The van der Waals surface area contributed by atoms with Crippen molar-refractivity contribution in [1.82, 2.24) is 0 Å². The number of rotatable bonds is 0. The molecule has 2 rings (SSSR count). The van der Waals surface area contributed by atoms with Crippen molar-refractivity contribution in [2.24, 2.45) is 0 Å². The summed E-state index contributed by atoms with van der Waals surface area (Å²) in [5.41, 5.74) is 6.44. The van der Waals surface area contributed by atoms with E-state index in [1.807, 2.05) is 34.0 Å². The molecule has 0 atom stereocenters. The van der Waals surface area contributed by atoms with E-state index >= 15 is 0 Å². The van der Waals surface area contributed by atoms with E-state index in [1.54, 1.807) is 0 Å². The fourth-order valence-electron chi connectivity index (χ4n) is 1.09. The smallest absolute Gasteiger partial charge is 0.142 e. The van der Waals surface area contributed by atoms with Crippen molar-refractivity contribution in [2.45, 2.75) is 0 Å². The molecule has 0 aliphatic carbocycles. The fraction of sp³-hybridized carbons (Fsp3) is 0. The van der Waals surface area contributed by atoms with E-state index in [9.17, 15) is 4.39 Å². The molecule has 0 fully saturated rings. The Bertz CT molecular complexity index is 438. The summed E-state index contributed by atoms with van der Waals surface area (Å²) < 4.78 is 14.6. The predicted octanol–water partition coefficient (Wildman–Crippen LogP) is 3.23. The van der Waals surface area contributed by atoms with Crippen molar-refractivity contribution in [1.29, 1.82) is 0 Å². The molecule has 2 N–H and O–H groups in total. The average Bonchev–Trinajstić information content (AvgIpc) is 2.48. The Morgan fingerprint density at radius 1 is 1.50 bits per heavy atom. The van der Waals surface area contributed by atoms with Gasteiger partial charge >= 0.3 is 0 Å². The molecular weight excluding hydrogens is 288 g/mol. The van der Waals surface area contributed by atoms with Crippen molar-refractivity contribution in [3.05, 3.63) is 26.9 Å². The van der Waals surface area contributed by atoms with Crippen LogP contribution in [0.4, 0.5) is 10.1 Å². The van der Waals surface area contributed by atoms with Crippen molar-refractivity contribution in [2.75, 3.05) is 5.73 Å². The third-order valence-corrected chi connectivity index (χ3v) is 3.50. The SMILES string of the molecule is Nc1c(I)cc(F)c2sccc12. The summed E-state index contributed by atoms with van der Waals surface area (Å²) in [5, 5.41) is 2.67. The first kappa shape index (κ1) is 8.25. The van der Waals surface area contributed by atoms with Crippen LogP contribution in [-0.2, 0) is 0 Å². The van der Waals surface area contributed by atoms with E-state index in [4.69, 9.17) is 5.73 Å². The molecule has 1 heterocycles. The first-order chi connectivity index (χ1) is 5.70. The van der Waals surface area contributed by atoms with Gasteiger partial charge < -0.3 is 5.73 Å². The molecule has 0 aliphatic rings. The minimum absolute atomic E-state index is 0.182. The summed E-state index contributed by atoms with van der Waals surface area (Å²) in [6, 6.07) is 3.31. The van der Waals surface area contributed by atoms with E-state index in [0.29, 0.717) is 10.4 Å². The van der Waals surface area contributed by atoms with Crippen LogP contribution in [-0.4, -0.2) is 0 Å². The average molecular weight is 293 g/mol. The lowest BCUT2D eigenvalue weighted by atomic mass is 10.2. The highest BCUT2D eigenvalue weighted by Crippen LogP contribution is 2.32. The van der Waals surface area contributed by atoms with Gasteiger partial charge in [0.1, 0.15) is 5.82 Å². The third-order valence-electron chi connectivity index (χ3n) is 1.68. The Balaban J connectivity index is 2.97. The van der Waals surface area contributed by atoms with Gasteiger partial charge in [-0.15, -0.1) is 11.3 Å². The van der Waals surface area contributed by atoms with Gasteiger partial charge in [-0.25, -0.2) is 4.39 Å². The molecule has 0 bridgehead atoms. The Labute approximate surface area is 86.5 Å². The Hall–Kier alpha value is -0.360. The summed E-state index contributed by atoms with van der Waals surface area (Å²) in [6.45, 7) is 0. The molecule has 0 amide bonds. The minimum atomic E-state index is -0.182. The van der Waals surface area contributed by atoms with Crippen LogP contribution in [0.25, 0.3) is 10.1 Å². The van der Waals surface area contributed by atoms with Gasteiger partial charge in [-0.1, -0.05) is 0 Å². The minimum Gasteiger partial charge on any atom is -0.397 e. The largest absolute Gasteiger partial charge is 0.397 e. The number of fused-ring (bicyclic) bond motifs is 1. The molecule has 0 radical (unpaired) electrons. The molecular formula is C8H5FINS. The molecule has 1 aromatic carbocycles. The van der Waals surface area contributed by atoms with Crippen molar-refractivity contribution >= 4 is 49.7 Å². The van der Waals surface area contributed by atoms with Crippen LogP contribution in [0, 0.1) is 9.39 Å². The van der Waals surface area contributed by atoms with E-state index in [1.165, 1.54) is 17.4 Å². The van der Waals surface area contributed by atoms with Gasteiger partial charge in [0.05, 0.1) is 10.4 Å². The van der Waals surface area contributed by atoms with Crippen LogP contribution < -0.4 is 5.73 Å². The molecule has 62 valence electrons. The van der Waals surface area contributed by atoms with Crippen LogP contribution >= 0.6 is 33.9 Å². The summed E-state index contributed by atoms with van der Waals surface area (Å²) in [7, 11) is 0. The zero-order valence-electron chi connectivity index (χ0n) is 5.97. The normalized spacial score (nSPS) is 10.8. The molecule has 1 nitrogen and oxygen atoms in total. The summed E-state index contributed by atoms with van der Waals surface area (Å²) >= 11 is 3.41. The van der Waals surface area contributed by atoms with Gasteiger partial charge in [0.2, 0.25) is 0 Å². The maximum Gasteiger partial charge on any atom is 0.142 e. The standard InChI is InChI=1S/C8H5FINS/c9-5-3-6(10)7(11)4-1-2-12-8(4)5/h1-3H,11H2. The van der Waals surface area contributed by atoms with Crippen LogP contribution in [0.2, 0.25) is 0 Å². The van der Waals surface area contributed by atoms with Crippen LogP contribution in [0.15, 0.2) is 17.5 Å². The number of thiophene rings is 1. The number of benzene rings is 1. The second-order valence-corrected chi connectivity index (χ2v) is 4.50. The molecule has 0 saturated heterocycles. The van der Waals surface area contributed by atoms with Crippen LogP contribution in [0.3, 0.4) is 0 Å². The molecule has 1 aromatic heterocycles. The van der Waals surface area contributed by atoms with Crippen molar-refractivity contribution in [3.8, 4) is 0 Å². The van der Waals surface area contributed by atoms with E-state index < -0.39 is 0 Å². The zero-order valence-corrected chi connectivity index (χ0v) is 8.95. The second kappa shape index (κ2) is 2.85. The van der Waals surface area contributed by atoms with Gasteiger partial charge in [0.25, 0.3) is 0 Å². The molecule has 0 spiro atoms. The highest BCUT2D eigenvalue weighted by molar-refractivity contribution is 14.1. The molecule has 2 aromatic rings. The molecule has 12 heavy (non-hydrogen) atoms. The topological polar surface area (TPSA) is 26.0 Å². The van der Waals surface area contributed by atoms with Crippen LogP contribution in [0.1, 0.15) is 0 Å². The van der Waals surface area contributed by atoms with Crippen molar-refractivity contribution < 1.29 is 4.39 Å². The van der Waals surface area contributed by atoms with E-state index in [2.05, 4.69) is 0 Å². The van der Waals surface area contributed by atoms with Gasteiger partial charge in [-0.2, -0.15) is 0 Å². The number of halogens is 2. The Morgan fingerprint density at radius 2 is 2.25 bits per heavy atom. The Morgan fingerprint density at radius 3 is 3.00 bits per heavy atom. The number of anilines is 1. The predicted molar refractivity (Wildman–Crippen MR) is 58.9 cm³/mol. The molecule has 0 aliphatic heterocycles. The maximum absolute atomic E-state index is 13.2. The van der Waals surface area contributed by atoms with Gasteiger partial charge in [0, 0.05) is 8.96 Å². The number of hydrogen-bond donors (Lipinski definition) is 1. The van der Waals surface area contributed by atoms with Crippen LogP contribution in [0.5, 0.6) is 0 Å². The quantitative estimate of drug-likeness (QED) is 0.586. The third kappa shape index (κ3) is 1.09. The lowest BCUT2D eigenvalue weighted by Gasteiger charge is -2.00. The second-order valence-electron chi connectivity index (χ2n) is 2.42. The summed E-state index contributed by atoms with van der Waals surface area (Å²) in [6.07, 6.45) is 0. The first-order valence-corrected chi connectivity index (χ1v) is 5.26. The number of nitrogen functional groups attached to an aromatic ring is 1.